The van der Waals surface area contributed by atoms with Crippen LogP contribution in [0.15, 0.2) is 73.2 Å². The summed E-state index contributed by atoms with van der Waals surface area (Å²) in [6, 6.07) is 16.1. The van der Waals surface area contributed by atoms with Crippen molar-refractivity contribution in [3.05, 3.63) is 84.6 Å². The largest absolute Gasteiger partial charge is 0.335 e. The summed E-state index contributed by atoms with van der Waals surface area (Å²) in [5, 5.41) is 8.42. The van der Waals surface area contributed by atoms with Gasteiger partial charge in [0.05, 0.1) is 17.6 Å². The number of imidazole rings is 1. The Bertz CT molecular complexity index is 1840. The van der Waals surface area contributed by atoms with Crippen molar-refractivity contribution >= 4 is 22.1 Å². The minimum Gasteiger partial charge on any atom is -0.335 e. The average molecular weight is 556 g/mol. The normalized spacial score (nSPS) is 14.9. The number of aromatic amines is 2. The Morgan fingerprint density at radius 2 is 1.85 bits per heavy atom. The van der Waals surface area contributed by atoms with Crippen LogP contribution in [0.2, 0.25) is 0 Å². The third-order valence-electron chi connectivity index (χ3n) is 7.10. The highest BCUT2D eigenvalue weighted by Gasteiger charge is 2.37. The Balaban J connectivity index is 0.00000148. The van der Waals surface area contributed by atoms with Crippen LogP contribution in [0.5, 0.6) is 0 Å². The molecule has 4 aromatic heterocycles. The molecule has 2 aromatic carbocycles. The number of halogens is 3. The average Bonchev–Trinajstić information content (AvgIpc) is 3.69. The zero-order chi connectivity index (χ0) is 28.6. The van der Waals surface area contributed by atoms with E-state index in [2.05, 4.69) is 30.1 Å². The summed E-state index contributed by atoms with van der Waals surface area (Å²) in [5.74, 6) is -2.41. The second-order valence-corrected chi connectivity index (χ2v) is 9.88. The van der Waals surface area contributed by atoms with Crippen LogP contribution < -0.4 is 0 Å². The van der Waals surface area contributed by atoms with Crippen molar-refractivity contribution in [3.63, 3.8) is 0 Å². The number of fused-ring (bicyclic) bond motifs is 2. The summed E-state index contributed by atoms with van der Waals surface area (Å²) in [6.07, 6.45) is 5.02. The molecule has 41 heavy (non-hydrogen) atoms. The molecule has 1 aliphatic rings. The molecule has 7 rings (SSSR count). The Labute approximate surface area is 234 Å². The summed E-state index contributed by atoms with van der Waals surface area (Å²) in [4.78, 5) is 18.5. The van der Waals surface area contributed by atoms with Gasteiger partial charge in [-0.3, -0.25) is 15.0 Å². The van der Waals surface area contributed by atoms with E-state index in [4.69, 9.17) is 0 Å². The van der Waals surface area contributed by atoms with E-state index < -0.39 is 5.92 Å². The lowest BCUT2D eigenvalue weighted by Gasteiger charge is -2.15. The number of nitrogens with one attached hydrogen (secondary N) is 2. The second-order valence-electron chi connectivity index (χ2n) is 9.88. The van der Waals surface area contributed by atoms with Gasteiger partial charge in [-0.2, -0.15) is 5.10 Å². The number of likely N-dealkylation sites (tertiary alicyclic amines) is 1. The van der Waals surface area contributed by atoms with E-state index in [1.807, 2.05) is 50.2 Å². The molecule has 0 atom stereocenters. The van der Waals surface area contributed by atoms with E-state index in [1.54, 1.807) is 29.6 Å². The maximum atomic E-state index is 13.9. The molecule has 0 radical (unpaired) electrons. The molecule has 1 aliphatic heterocycles. The Morgan fingerprint density at radius 1 is 0.976 bits per heavy atom. The molecular formula is C31H28F3N7. The van der Waals surface area contributed by atoms with Crippen molar-refractivity contribution in [3.8, 4) is 33.8 Å². The molecule has 10 heteroatoms. The maximum Gasteiger partial charge on any atom is 0.261 e. The zero-order valence-electron chi connectivity index (χ0n) is 22.6. The van der Waals surface area contributed by atoms with Crippen LogP contribution in [0.1, 0.15) is 25.8 Å². The van der Waals surface area contributed by atoms with Crippen molar-refractivity contribution in [1.29, 1.82) is 0 Å². The lowest BCUT2D eigenvalue weighted by Crippen LogP contribution is -2.24. The number of rotatable bonds is 5. The van der Waals surface area contributed by atoms with Crippen LogP contribution in [0.4, 0.5) is 13.2 Å². The first kappa shape index (κ1) is 26.6. The number of nitrogens with zero attached hydrogens (tertiary/aromatic N) is 5. The molecule has 0 saturated carbocycles. The topological polar surface area (TPSA) is 86.4 Å². The second kappa shape index (κ2) is 10.8. The summed E-state index contributed by atoms with van der Waals surface area (Å²) in [5.41, 5.74) is 6.83. The summed E-state index contributed by atoms with van der Waals surface area (Å²) in [7, 11) is 0. The van der Waals surface area contributed by atoms with Gasteiger partial charge < -0.3 is 4.98 Å². The van der Waals surface area contributed by atoms with Crippen LogP contribution in [0.3, 0.4) is 0 Å². The number of hydrogen-bond donors (Lipinski definition) is 2. The number of pyridine rings is 2. The van der Waals surface area contributed by atoms with Gasteiger partial charge in [-0.1, -0.05) is 32.0 Å². The molecule has 1 fully saturated rings. The van der Waals surface area contributed by atoms with Crippen molar-refractivity contribution in [2.75, 3.05) is 13.1 Å². The first-order chi connectivity index (χ1) is 19.9. The van der Waals surface area contributed by atoms with Gasteiger partial charge in [-0.05, 0) is 53.1 Å². The molecule has 1 saturated heterocycles. The smallest absolute Gasteiger partial charge is 0.261 e. The molecule has 0 unspecified atom stereocenters. The highest BCUT2D eigenvalue weighted by Crippen LogP contribution is 2.33. The maximum absolute atomic E-state index is 13.9. The lowest BCUT2D eigenvalue weighted by molar-refractivity contribution is 0.0115. The van der Waals surface area contributed by atoms with E-state index in [-0.39, 0.29) is 18.8 Å². The fourth-order valence-corrected chi connectivity index (χ4v) is 5.23. The summed E-state index contributed by atoms with van der Waals surface area (Å²) in [6.45, 7) is 4.57. The zero-order valence-corrected chi connectivity index (χ0v) is 22.6. The van der Waals surface area contributed by atoms with Crippen LogP contribution in [-0.2, 0) is 6.54 Å². The first-order valence-electron chi connectivity index (χ1n) is 13.6. The third-order valence-corrected chi connectivity index (χ3v) is 7.10. The minimum absolute atomic E-state index is 0.110. The van der Waals surface area contributed by atoms with Gasteiger partial charge in [0.15, 0.2) is 11.5 Å². The summed E-state index contributed by atoms with van der Waals surface area (Å²) >= 11 is 0. The number of hydrogen-bond acceptors (Lipinski definition) is 5. The van der Waals surface area contributed by atoms with Crippen LogP contribution in [0, 0.1) is 5.82 Å². The molecule has 0 bridgehead atoms. The molecule has 208 valence electrons. The monoisotopic (exact) mass is 555 g/mol. The van der Waals surface area contributed by atoms with E-state index in [0.29, 0.717) is 35.8 Å². The lowest BCUT2D eigenvalue weighted by atomic mass is 10.0. The Kier molecular flexibility index (Phi) is 7.00. The van der Waals surface area contributed by atoms with Gasteiger partial charge in [-0.15, -0.1) is 0 Å². The van der Waals surface area contributed by atoms with Crippen molar-refractivity contribution in [2.45, 2.75) is 32.7 Å². The van der Waals surface area contributed by atoms with Gasteiger partial charge in [0.25, 0.3) is 5.92 Å². The van der Waals surface area contributed by atoms with Crippen LogP contribution in [-0.4, -0.2) is 54.0 Å². The molecule has 7 nitrogen and oxygen atoms in total. The number of H-pyrrole nitrogens is 2. The summed E-state index contributed by atoms with van der Waals surface area (Å²) < 4.78 is 41.2. The fraction of sp³-hybridized carbons (Fsp3) is 0.226. The number of alkyl halides is 2. The van der Waals surface area contributed by atoms with E-state index in [0.717, 1.165) is 38.7 Å². The molecule has 0 amide bonds. The number of benzene rings is 2. The van der Waals surface area contributed by atoms with Crippen molar-refractivity contribution < 1.29 is 13.2 Å². The first-order valence-corrected chi connectivity index (χ1v) is 13.6. The van der Waals surface area contributed by atoms with E-state index >= 15 is 0 Å². The number of aromatic nitrogens is 6. The predicted molar refractivity (Wildman–Crippen MR) is 154 cm³/mol. The standard InChI is InChI=1S/C29H22F3N7.C2H6/c30-21-3-1-2-19(11-21)22-6-8-34-27-25(22)35-28(36-27)26-23-12-18(4-5-24(23)37-38-26)20-10-17(13-33-14-20)15-39-9-7-29(31,32)16-39;1-2/h1-6,8,10-14H,7,9,15-16H2,(H,37,38)(H,34,35,36);1-2H3. The van der Waals surface area contributed by atoms with Crippen LogP contribution in [0.25, 0.3) is 55.8 Å². The van der Waals surface area contributed by atoms with Crippen molar-refractivity contribution in [2.24, 2.45) is 0 Å². The van der Waals surface area contributed by atoms with Gasteiger partial charge in [0.2, 0.25) is 0 Å². The molecule has 0 spiro atoms. The van der Waals surface area contributed by atoms with Crippen LogP contribution >= 0.6 is 0 Å². The quantitative estimate of drug-likeness (QED) is 0.234. The fourth-order valence-electron chi connectivity index (χ4n) is 5.23. The van der Waals surface area contributed by atoms with Gasteiger partial charge in [0, 0.05) is 54.6 Å². The predicted octanol–water partition coefficient (Wildman–Crippen LogP) is 7.24. The van der Waals surface area contributed by atoms with E-state index in [1.165, 1.54) is 12.1 Å². The van der Waals surface area contributed by atoms with Crippen molar-refractivity contribution in [1.82, 2.24) is 35.0 Å². The van der Waals surface area contributed by atoms with E-state index in [9.17, 15) is 13.2 Å². The highest BCUT2D eigenvalue weighted by molar-refractivity contribution is 5.97. The molecule has 5 heterocycles. The minimum atomic E-state index is -2.63. The molecule has 6 aromatic rings. The van der Waals surface area contributed by atoms with Gasteiger partial charge >= 0.3 is 0 Å². The van der Waals surface area contributed by atoms with Gasteiger partial charge in [0.1, 0.15) is 11.5 Å². The molecule has 0 aliphatic carbocycles. The molecule has 2 N–H and O–H groups in total. The Morgan fingerprint density at radius 3 is 2.66 bits per heavy atom. The molecular weight excluding hydrogens is 527 g/mol. The highest BCUT2D eigenvalue weighted by atomic mass is 19.3. The SMILES string of the molecule is CC.Fc1cccc(-c2ccnc3nc(-c4n[nH]c5ccc(-c6cncc(CN7CCC(F)(F)C7)c6)cc45)[nH]c23)c1. The Hall–Kier alpha value is -4.57. The third kappa shape index (κ3) is 5.30. The van der Waals surface area contributed by atoms with Gasteiger partial charge in [-0.25, -0.2) is 23.1 Å².